The van der Waals surface area contributed by atoms with Crippen LogP contribution in [0.1, 0.15) is 12.8 Å². The largest absolute Gasteiger partial charge is 0.468 e. The van der Waals surface area contributed by atoms with Gasteiger partial charge in [0.1, 0.15) is 12.4 Å². The first kappa shape index (κ1) is 25.7. The Bertz CT molecular complexity index is 1520. The molecule has 2 aromatic carbocycles. The van der Waals surface area contributed by atoms with Gasteiger partial charge < -0.3 is 9.30 Å². The van der Waals surface area contributed by atoms with Crippen LogP contribution in [0.2, 0.25) is 0 Å². The Hall–Kier alpha value is -2.90. The molecule has 3 rings (SSSR count). The van der Waals surface area contributed by atoms with Crippen LogP contribution in [0.3, 0.4) is 0 Å². The monoisotopic (exact) mass is 528 g/mol. The van der Waals surface area contributed by atoms with Crippen LogP contribution in [0, 0.1) is 5.82 Å². The minimum absolute atomic E-state index is 0.0117. The van der Waals surface area contributed by atoms with Crippen molar-refractivity contribution in [2.45, 2.75) is 29.2 Å². The van der Waals surface area contributed by atoms with Crippen LogP contribution >= 0.6 is 11.3 Å². The molecule has 0 saturated heterocycles. The lowest BCUT2D eigenvalue weighted by atomic mass is 10.3. The predicted octanol–water partition coefficient (Wildman–Crippen LogP) is 2.10. The number of rotatable bonds is 8. The van der Waals surface area contributed by atoms with Gasteiger partial charge in [0.25, 0.3) is 0 Å². The van der Waals surface area contributed by atoms with Gasteiger partial charge in [0.15, 0.2) is 24.5 Å². The van der Waals surface area contributed by atoms with Crippen molar-refractivity contribution in [1.82, 2.24) is 4.57 Å². The molecule has 0 aliphatic rings. The van der Waals surface area contributed by atoms with Crippen molar-refractivity contribution in [3.8, 4) is 0 Å². The predicted molar refractivity (Wildman–Crippen MR) is 123 cm³/mol. The Morgan fingerprint density at radius 3 is 2.32 bits per heavy atom. The number of aromatic nitrogens is 1. The number of ether oxygens (including phenoxy) is 1. The third-order valence-electron chi connectivity index (χ3n) is 4.79. The van der Waals surface area contributed by atoms with Gasteiger partial charge in [-0.2, -0.15) is 4.99 Å². The Kier molecular flexibility index (Phi) is 7.68. The summed E-state index contributed by atoms with van der Waals surface area (Å²) in [6, 6.07) is 8.76. The molecule has 0 bridgehead atoms. The van der Waals surface area contributed by atoms with Crippen molar-refractivity contribution in [3.63, 3.8) is 0 Å². The summed E-state index contributed by atoms with van der Waals surface area (Å²) in [5.74, 6) is -2.08. The van der Waals surface area contributed by atoms with E-state index in [0.717, 1.165) is 41.9 Å². The number of amides is 1. The summed E-state index contributed by atoms with van der Waals surface area (Å²) in [7, 11) is -5.95. The van der Waals surface area contributed by atoms with Crippen LogP contribution in [-0.4, -0.2) is 52.4 Å². The van der Waals surface area contributed by atoms with Crippen LogP contribution in [0.15, 0.2) is 57.2 Å². The lowest BCUT2D eigenvalue weighted by molar-refractivity contribution is -0.141. The van der Waals surface area contributed by atoms with Gasteiger partial charge in [-0.15, -0.1) is 0 Å². The Morgan fingerprint density at radius 2 is 1.71 bits per heavy atom. The number of thiazole rings is 1. The van der Waals surface area contributed by atoms with Crippen molar-refractivity contribution in [2.24, 2.45) is 4.99 Å². The van der Waals surface area contributed by atoms with Crippen LogP contribution in [-0.2, 0) is 40.5 Å². The SMILES string of the molecule is COC(=O)Cn1c(=NC(=O)CCCS(=O)(=O)c2ccc(F)cc2)sc2cc(S(C)(=O)=O)ccc21. The molecular formula is C21H21FN2O7S3. The van der Waals surface area contributed by atoms with Gasteiger partial charge in [0, 0.05) is 12.7 Å². The molecule has 0 aliphatic heterocycles. The van der Waals surface area contributed by atoms with E-state index in [-0.39, 0.29) is 39.7 Å². The van der Waals surface area contributed by atoms with Crippen LogP contribution < -0.4 is 4.80 Å². The van der Waals surface area contributed by atoms with E-state index in [9.17, 15) is 30.8 Å². The summed E-state index contributed by atoms with van der Waals surface area (Å²) >= 11 is 1.02. The van der Waals surface area contributed by atoms with Crippen molar-refractivity contribution >= 4 is 53.1 Å². The van der Waals surface area contributed by atoms with E-state index in [2.05, 4.69) is 4.99 Å². The smallest absolute Gasteiger partial charge is 0.325 e. The maximum atomic E-state index is 13.0. The Labute approximate surface area is 199 Å². The van der Waals surface area contributed by atoms with Gasteiger partial charge in [-0.1, -0.05) is 11.3 Å². The zero-order chi connectivity index (χ0) is 25.1. The molecule has 0 unspecified atom stereocenters. The molecule has 9 nitrogen and oxygen atoms in total. The fourth-order valence-corrected chi connectivity index (χ4v) is 6.17. The number of carbonyl (C=O) groups excluding carboxylic acids is 2. The molecule has 3 aromatic rings. The van der Waals surface area contributed by atoms with Crippen LogP contribution in [0.5, 0.6) is 0 Å². The van der Waals surface area contributed by atoms with Gasteiger partial charge in [0.05, 0.1) is 32.9 Å². The van der Waals surface area contributed by atoms with E-state index < -0.39 is 37.4 Å². The first-order chi connectivity index (χ1) is 15.9. The maximum Gasteiger partial charge on any atom is 0.325 e. The lowest BCUT2D eigenvalue weighted by Gasteiger charge is -2.05. The summed E-state index contributed by atoms with van der Waals surface area (Å²) in [5.41, 5.74) is 0.494. The fourth-order valence-electron chi connectivity index (χ4n) is 3.05. The molecule has 0 N–H and O–H groups in total. The van der Waals surface area contributed by atoms with Crippen LogP contribution in [0.4, 0.5) is 4.39 Å². The highest BCUT2D eigenvalue weighted by Crippen LogP contribution is 2.22. The van der Waals surface area contributed by atoms with E-state index in [4.69, 9.17) is 4.74 Å². The second-order valence-corrected chi connectivity index (χ2v) is 12.5. The Balaban J connectivity index is 1.85. The number of benzene rings is 2. The van der Waals surface area contributed by atoms with Gasteiger partial charge in [-0.3, -0.25) is 9.59 Å². The quantitative estimate of drug-likeness (QED) is 0.323. The number of hydrogen-bond donors (Lipinski definition) is 0. The molecule has 0 spiro atoms. The molecule has 13 heteroatoms. The number of esters is 1. The minimum atomic E-state index is -3.69. The molecule has 0 atom stereocenters. The minimum Gasteiger partial charge on any atom is -0.468 e. The van der Waals surface area contributed by atoms with Gasteiger partial charge >= 0.3 is 5.97 Å². The van der Waals surface area contributed by atoms with E-state index in [1.54, 1.807) is 0 Å². The maximum absolute atomic E-state index is 13.0. The first-order valence-corrected chi connectivity index (χ1v) is 14.2. The highest BCUT2D eigenvalue weighted by Gasteiger charge is 2.17. The number of sulfone groups is 2. The molecule has 0 fully saturated rings. The number of nitrogens with zero attached hydrogens (tertiary/aromatic N) is 2. The lowest BCUT2D eigenvalue weighted by Crippen LogP contribution is -2.22. The number of halogens is 1. The number of hydrogen-bond acceptors (Lipinski definition) is 8. The van der Waals surface area contributed by atoms with Crippen molar-refractivity contribution in [3.05, 3.63) is 53.1 Å². The summed E-state index contributed by atoms with van der Waals surface area (Å²) in [5, 5.41) is 0. The summed E-state index contributed by atoms with van der Waals surface area (Å²) in [6.45, 7) is -0.250. The summed E-state index contributed by atoms with van der Waals surface area (Å²) < 4.78 is 68.1. The zero-order valence-electron chi connectivity index (χ0n) is 18.2. The van der Waals surface area contributed by atoms with Gasteiger partial charge in [-0.05, 0) is 48.9 Å². The second-order valence-electron chi connectivity index (χ2n) is 7.33. The third kappa shape index (κ3) is 6.15. The van der Waals surface area contributed by atoms with Crippen LogP contribution in [0.25, 0.3) is 10.2 Å². The molecule has 0 aliphatic carbocycles. The Morgan fingerprint density at radius 1 is 1.06 bits per heavy atom. The van der Waals surface area contributed by atoms with Crippen molar-refractivity contribution in [1.29, 1.82) is 0 Å². The second kappa shape index (κ2) is 10.2. The summed E-state index contributed by atoms with van der Waals surface area (Å²) in [4.78, 5) is 28.5. The average molecular weight is 529 g/mol. The van der Waals surface area contributed by atoms with Gasteiger partial charge in [0.2, 0.25) is 5.91 Å². The van der Waals surface area contributed by atoms with Crippen molar-refractivity contribution in [2.75, 3.05) is 19.1 Å². The third-order valence-corrected chi connectivity index (χ3v) is 8.76. The van der Waals surface area contributed by atoms with E-state index >= 15 is 0 Å². The summed E-state index contributed by atoms with van der Waals surface area (Å²) in [6.07, 6.45) is 0.878. The first-order valence-electron chi connectivity index (χ1n) is 9.87. The molecule has 34 heavy (non-hydrogen) atoms. The number of methoxy groups -OCH3 is 1. The van der Waals surface area contributed by atoms with E-state index in [1.807, 2.05) is 0 Å². The molecule has 182 valence electrons. The zero-order valence-corrected chi connectivity index (χ0v) is 20.7. The highest BCUT2D eigenvalue weighted by molar-refractivity contribution is 7.91. The average Bonchev–Trinajstić information content (AvgIpc) is 3.09. The molecule has 0 saturated carbocycles. The molecule has 1 aromatic heterocycles. The highest BCUT2D eigenvalue weighted by atomic mass is 32.2. The van der Waals surface area contributed by atoms with Crippen molar-refractivity contribution < 1.29 is 35.6 Å². The van der Waals surface area contributed by atoms with E-state index in [1.165, 1.54) is 29.9 Å². The molecule has 1 amide bonds. The topological polar surface area (TPSA) is 129 Å². The van der Waals surface area contributed by atoms with E-state index in [0.29, 0.717) is 10.2 Å². The van der Waals surface area contributed by atoms with Gasteiger partial charge in [-0.25, -0.2) is 21.2 Å². The number of carbonyl (C=O) groups is 2. The molecule has 0 radical (unpaired) electrons. The molecular weight excluding hydrogens is 507 g/mol. The number of fused-ring (bicyclic) bond motifs is 1. The normalized spacial score (nSPS) is 12.7. The molecule has 1 heterocycles. The fraction of sp³-hybridized carbons (Fsp3) is 0.286. The standard InChI is InChI=1S/C21H21FN2O7S3/c1-31-20(26)13-24-17-10-9-16(33(2,27)28)12-18(17)32-21(24)23-19(25)4-3-11-34(29,30)15-7-5-14(22)6-8-15/h5-10,12H,3-4,11,13H2,1-2H3.